The van der Waals surface area contributed by atoms with E-state index in [4.69, 9.17) is 0 Å². The molecule has 2 aromatic rings. The third-order valence-corrected chi connectivity index (χ3v) is 3.16. The van der Waals surface area contributed by atoms with E-state index in [-0.39, 0.29) is 0 Å². The Kier molecular flexibility index (Phi) is 3.07. The second-order valence-electron chi connectivity index (χ2n) is 4.53. The predicted molar refractivity (Wildman–Crippen MR) is 79.2 cm³/mol. The van der Waals surface area contributed by atoms with Crippen LogP contribution in [0.3, 0.4) is 0 Å². The Morgan fingerprint density at radius 1 is 0.895 bits per heavy atom. The van der Waals surface area contributed by atoms with Gasteiger partial charge in [0.15, 0.2) is 0 Å². The first-order chi connectivity index (χ1) is 9.33. The van der Waals surface area contributed by atoms with Crippen LogP contribution in [0.2, 0.25) is 0 Å². The van der Waals surface area contributed by atoms with Gasteiger partial charge >= 0.3 is 0 Å². The molecule has 0 fully saturated rings. The molecule has 1 N–H and O–H groups in total. The summed E-state index contributed by atoms with van der Waals surface area (Å²) < 4.78 is 0. The molecular formula is C17H15NO. The van der Waals surface area contributed by atoms with Crippen molar-refractivity contribution in [2.24, 2.45) is 0 Å². The van der Waals surface area contributed by atoms with E-state index in [2.05, 4.69) is 17.0 Å². The maximum Gasteiger partial charge on any atom is 0.118 e. The highest BCUT2D eigenvalue weighted by Crippen LogP contribution is 2.30. The van der Waals surface area contributed by atoms with Crippen molar-refractivity contribution in [3.63, 3.8) is 0 Å². The quantitative estimate of drug-likeness (QED) is 0.871. The monoisotopic (exact) mass is 249 g/mol. The second-order valence-corrected chi connectivity index (χ2v) is 4.53. The van der Waals surface area contributed by atoms with Gasteiger partial charge in [0.05, 0.1) is 0 Å². The highest BCUT2D eigenvalue weighted by molar-refractivity contribution is 5.71. The minimum Gasteiger partial charge on any atom is -0.508 e. The average Bonchev–Trinajstić information content (AvgIpc) is 2.48. The molecule has 0 atom stereocenters. The Labute approximate surface area is 112 Å². The first-order valence-electron chi connectivity index (χ1n) is 6.32. The number of benzene rings is 2. The van der Waals surface area contributed by atoms with Crippen LogP contribution in [0.15, 0.2) is 73.0 Å². The summed E-state index contributed by atoms with van der Waals surface area (Å²) in [5.41, 5.74) is 3.13. The molecule has 0 spiro atoms. The molecule has 0 radical (unpaired) electrons. The lowest BCUT2D eigenvalue weighted by Gasteiger charge is -2.21. The Morgan fingerprint density at radius 2 is 1.74 bits per heavy atom. The number of nitrogens with zero attached hydrogens (tertiary/aromatic N) is 1. The number of hydrogen-bond donors (Lipinski definition) is 1. The Morgan fingerprint density at radius 3 is 2.47 bits per heavy atom. The molecule has 1 heterocycles. The summed E-state index contributed by atoms with van der Waals surface area (Å²) in [5, 5.41) is 9.92. The summed E-state index contributed by atoms with van der Waals surface area (Å²) in [7, 11) is 0. The largest absolute Gasteiger partial charge is 0.508 e. The number of hydrogen-bond acceptors (Lipinski definition) is 2. The molecule has 0 unspecified atom stereocenters. The topological polar surface area (TPSA) is 23.5 Å². The lowest BCUT2D eigenvalue weighted by atomic mass is 10.0. The molecule has 2 heteroatoms. The van der Waals surface area contributed by atoms with Crippen molar-refractivity contribution < 1.29 is 5.11 Å². The van der Waals surface area contributed by atoms with E-state index in [1.54, 1.807) is 12.1 Å². The van der Waals surface area contributed by atoms with Gasteiger partial charge in [-0.25, -0.2) is 0 Å². The third kappa shape index (κ3) is 2.52. The lowest BCUT2D eigenvalue weighted by molar-refractivity contribution is 0.475. The molecule has 2 nitrogen and oxygen atoms in total. The lowest BCUT2D eigenvalue weighted by Crippen LogP contribution is -2.17. The van der Waals surface area contributed by atoms with Crippen LogP contribution in [0.1, 0.15) is 0 Å². The van der Waals surface area contributed by atoms with Crippen LogP contribution < -0.4 is 4.90 Å². The molecule has 0 aromatic heterocycles. The Balaban J connectivity index is 2.01. The minimum atomic E-state index is 0.291. The van der Waals surface area contributed by atoms with Crippen LogP contribution in [0, 0.1) is 0 Å². The number of allylic oxidation sites excluding steroid dienone is 2. The minimum absolute atomic E-state index is 0.291. The summed E-state index contributed by atoms with van der Waals surface area (Å²) in [4.78, 5) is 2.10. The van der Waals surface area contributed by atoms with Crippen molar-refractivity contribution >= 4 is 5.69 Å². The SMILES string of the molecule is Oc1cc(-c2ccccc2)cc(N2C=CC=CC2)c1. The molecule has 0 amide bonds. The molecule has 1 aliphatic heterocycles. The highest BCUT2D eigenvalue weighted by Gasteiger charge is 2.07. The van der Waals surface area contributed by atoms with Crippen molar-refractivity contribution in [1.29, 1.82) is 0 Å². The van der Waals surface area contributed by atoms with Gasteiger partial charge in [-0.15, -0.1) is 0 Å². The number of phenolic OH excluding ortho intramolecular Hbond substituents is 1. The maximum absolute atomic E-state index is 9.92. The molecule has 19 heavy (non-hydrogen) atoms. The summed E-state index contributed by atoms with van der Waals surface area (Å²) in [5.74, 6) is 0.291. The van der Waals surface area contributed by atoms with Gasteiger partial charge in [-0.1, -0.05) is 42.5 Å². The summed E-state index contributed by atoms with van der Waals surface area (Å²) in [6.45, 7) is 0.828. The maximum atomic E-state index is 9.92. The van der Waals surface area contributed by atoms with Crippen LogP contribution in [0.25, 0.3) is 11.1 Å². The zero-order valence-corrected chi connectivity index (χ0v) is 10.5. The molecule has 3 rings (SSSR count). The van der Waals surface area contributed by atoms with Gasteiger partial charge in [-0.05, 0) is 29.3 Å². The fourth-order valence-corrected chi connectivity index (χ4v) is 2.22. The van der Waals surface area contributed by atoms with Crippen molar-refractivity contribution in [2.45, 2.75) is 0 Å². The van der Waals surface area contributed by atoms with Crippen molar-refractivity contribution in [2.75, 3.05) is 11.4 Å². The Hall–Kier alpha value is -2.48. The van der Waals surface area contributed by atoms with Crippen molar-refractivity contribution in [3.05, 3.63) is 73.0 Å². The molecule has 0 saturated heterocycles. The predicted octanol–water partition coefficient (Wildman–Crippen LogP) is 3.95. The molecule has 0 bridgehead atoms. The van der Waals surface area contributed by atoms with Gasteiger partial charge in [-0.3, -0.25) is 0 Å². The number of phenols is 1. The van der Waals surface area contributed by atoms with E-state index in [0.29, 0.717) is 5.75 Å². The van der Waals surface area contributed by atoms with Crippen LogP contribution >= 0.6 is 0 Å². The molecule has 2 aromatic carbocycles. The van der Waals surface area contributed by atoms with Crippen LogP contribution in [-0.2, 0) is 0 Å². The molecule has 0 aliphatic carbocycles. The molecule has 94 valence electrons. The van der Waals surface area contributed by atoms with Gasteiger partial charge < -0.3 is 10.0 Å². The van der Waals surface area contributed by atoms with E-state index < -0.39 is 0 Å². The third-order valence-electron chi connectivity index (χ3n) is 3.16. The van der Waals surface area contributed by atoms with E-state index in [9.17, 15) is 5.11 Å². The van der Waals surface area contributed by atoms with Crippen LogP contribution in [-0.4, -0.2) is 11.7 Å². The summed E-state index contributed by atoms with van der Waals surface area (Å²) >= 11 is 0. The molecule has 1 aliphatic rings. The van der Waals surface area contributed by atoms with E-state index in [1.165, 1.54) is 0 Å². The fraction of sp³-hybridized carbons (Fsp3) is 0.0588. The molecular weight excluding hydrogens is 234 g/mol. The van der Waals surface area contributed by atoms with Crippen molar-refractivity contribution in [3.8, 4) is 16.9 Å². The first kappa shape index (κ1) is 11.6. The average molecular weight is 249 g/mol. The van der Waals surface area contributed by atoms with E-state index >= 15 is 0 Å². The number of aromatic hydroxyl groups is 1. The van der Waals surface area contributed by atoms with E-state index in [0.717, 1.165) is 23.4 Å². The number of rotatable bonds is 2. The van der Waals surface area contributed by atoms with Gasteiger partial charge in [0.25, 0.3) is 0 Å². The summed E-state index contributed by atoms with van der Waals surface area (Å²) in [6.07, 6.45) is 8.13. The van der Waals surface area contributed by atoms with Gasteiger partial charge in [0.1, 0.15) is 5.75 Å². The first-order valence-corrected chi connectivity index (χ1v) is 6.32. The number of anilines is 1. The molecule has 0 saturated carbocycles. The fourth-order valence-electron chi connectivity index (χ4n) is 2.22. The zero-order chi connectivity index (χ0) is 13.1. The van der Waals surface area contributed by atoms with Gasteiger partial charge in [0, 0.05) is 24.5 Å². The van der Waals surface area contributed by atoms with Crippen molar-refractivity contribution in [1.82, 2.24) is 0 Å². The standard InChI is InChI=1S/C17H15NO/c19-17-12-15(14-7-3-1-4-8-14)11-16(13-17)18-9-5-2-6-10-18/h1-9,11-13,19H,10H2. The van der Waals surface area contributed by atoms with Gasteiger partial charge in [-0.2, -0.15) is 0 Å². The smallest absolute Gasteiger partial charge is 0.118 e. The van der Waals surface area contributed by atoms with Gasteiger partial charge in [0.2, 0.25) is 0 Å². The highest BCUT2D eigenvalue weighted by atomic mass is 16.3. The normalized spacial score (nSPS) is 13.8. The Bertz CT molecular complexity index is 629. The van der Waals surface area contributed by atoms with Crippen LogP contribution in [0.5, 0.6) is 5.75 Å². The summed E-state index contributed by atoms with van der Waals surface area (Å²) in [6, 6.07) is 15.8. The zero-order valence-electron chi connectivity index (χ0n) is 10.5. The second kappa shape index (κ2) is 5.02. The van der Waals surface area contributed by atoms with Crippen LogP contribution in [0.4, 0.5) is 5.69 Å². The van der Waals surface area contributed by atoms with E-state index in [1.807, 2.05) is 48.7 Å².